The molecule has 0 radical (unpaired) electrons. The highest BCUT2D eigenvalue weighted by Crippen LogP contribution is 2.33. The molecule has 0 bridgehead atoms. The van der Waals surface area contributed by atoms with Crippen LogP contribution in [0.5, 0.6) is 0 Å². The summed E-state index contributed by atoms with van der Waals surface area (Å²) in [6.45, 7) is 8.18. The first-order valence-electron chi connectivity index (χ1n) is 8.02. The van der Waals surface area contributed by atoms with Crippen molar-refractivity contribution >= 4 is 0 Å². The molecule has 1 aliphatic rings. The van der Waals surface area contributed by atoms with E-state index in [1.54, 1.807) is 0 Å². The molecule has 1 heterocycles. The van der Waals surface area contributed by atoms with Crippen molar-refractivity contribution in [1.82, 2.24) is 0 Å². The van der Waals surface area contributed by atoms with Crippen molar-refractivity contribution in [2.24, 2.45) is 0 Å². The predicted molar refractivity (Wildman–Crippen MR) is 78.1 cm³/mol. The summed E-state index contributed by atoms with van der Waals surface area (Å²) in [7, 11) is 0. The zero-order valence-corrected chi connectivity index (χ0v) is 13.2. The third kappa shape index (κ3) is 6.24. The van der Waals surface area contributed by atoms with Crippen molar-refractivity contribution in [2.45, 2.75) is 103 Å². The van der Waals surface area contributed by atoms with Crippen molar-refractivity contribution in [2.75, 3.05) is 0 Å². The van der Waals surface area contributed by atoms with Crippen LogP contribution in [0.2, 0.25) is 0 Å². The minimum absolute atomic E-state index is 0.0520. The van der Waals surface area contributed by atoms with Gasteiger partial charge in [0, 0.05) is 6.42 Å². The molecule has 1 unspecified atom stereocenters. The van der Waals surface area contributed by atoms with Crippen molar-refractivity contribution in [3.8, 4) is 0 Å². The lowest BCUT2D eigenvalue weighted by atomic mass is 10.00. The van der Waals surface area contributed by atoms with Gasteiger partial charge < -0.3 is 14.6 Å². The van der Waals surface area contributed by atoms with Gasteiger partial charge in [0.1, 0.15) is 0 Å². The molecule has 1 saturated heterocycles. The second-order valence-electron chi connectivity index (χ2n) is 6.21. The third-order valence-corrected chi connectivity index (χ3v) is 3.85. The first kappa shape index (κ1) is 16.9. The summed E-state index contributed by atoms with van der Waals surface area (Å²) in [4.78, 5) is 0. The van der Waals surface area contributed by atoms with E-state index in [1.165, 1.54) is 32.1 Å². The molecule has 114 valence electrons. The Morgan fingerprint density at radius 3 is 2.26 bits per heavy atom. The average molecular weight is 272 g/mol. The SMILES string of the molecule is CCCCCCC[C@H]1OC(C)(C)O[C@@H]1CC(O)CC. The van der Waals surface area contributed by atoms with Gasteiger partial charge in [-0.2, -0.15) is 0 Å². The molecule has 0 amide bonds. The van der Waals surface area contributed by atoms with Gasteiger partial charge in [-0.15, -0.1) is 0 Å². The van der Waals surface area contributed by atoms with E-state index in [9.17, 15) is 5.11 Å². The van der Waals surface area contributed by atoms with Gasteiger partial charge in [-0.3, -0.25) is 0 Å². The summed E-state index contributed by atoms with van der Waals surface area (Å²) < 4.78 is 11.9. The minimum atomic E-state index is -0.494. The molecule has 0 aromatic heterocycles. The maximum absolute atomic E-state index is 9.81. The Bertz CT molecular complexity index is 240. The van der Waals surface area contributed by atoms with Crippen molar-refractivity contribution in [1.29, 1.82) is 0 Å². The number of aliphatic hydroxyl groups is 1. The molecule has 1 N–H and O–H groups in total. The third-order valence-electron chi connectivity index (χ3n) is 3.85. The second-order valence-corrected chi connectivity index (χ2v) is 6.21. The van der Waals surface area contributed by atoms with Crippen LogP contribution in [0.1, 0.15) is 79.1 Å². The molecule has 1 aliphatic heterocycles. The fraction of sp³-hybridized carbons (Fsp3) is 1.00. The first-order chi connectivity index (χ1) is 8.98. The van der Waals surface area contributed by atoms with Crippen LogP contribution >= 0.6 is 0 Å². The summed E-state index contributed by atoms with van der Waals surface area (Å²) in [5, 5.41) is 9.81. The molecule has 0 spiro atoms. The van der Waals surface area contributed by atoms with Crippen molar-refractivity contribution in [3.63, 3.8) is 0 Å². The number of aliphatic hydroxyl groups excluding tert-OH is 1. The molecule has 3 nitrogen and oxygen atoms in total. The summed E-state index contributed by atoms with van der Waals surface area (Å²) in [6.07, 6.45) is 8.85. The van der Waals surface area contributed by atoms with Crippen LogP contribution < -0.4 is 0 Å². The Labute approximate surface area is 118 Å². The summed E-state index contributed by atoms with van der Waals surface area (Å²) >= 11 is 0. The minimum Gasteiger partial charge on any atom is -0.393 e. The van der Waals surface area contributed by atoms with E-state index >= 15 is 0 Å². The van der Waals surface area contributed by atoms with E-state index in [0.717, 1.165) is 12.8 Å². The Morgan fingerprint density at radius 1 is 1.00 bits per heavy atom. The number of hydrogen-bond acceptors (Lipinski definition) is 3. The van der Waals surface area contributed by atoms with E-state index in [-0.39, 0.29) is 18.3 Å². The van der Waals surface area contributed by atoms with E-state index < -0.39 is 5.79 Å². The molecule has 1 fully saturated rings. The van der Waals surface area contributed by atoms with Crippen LogP contribution in [-0.4, -0.2) is 29.2 Å². The molecule has 0 saturated carbocycles. The van der Waals surface area contributed by atoms with Crippen LogP contribution in [0, 0.1) is 0 Å². The number of rotatable bonds is 9. The lowest BCUT2D eigenvalue weighted by molar-refractivity contribution is -0.148. The molecule has 0 aliphatic carbocycles. The highest BCUT2D eigenvalue weighted by atomic mass is 16.7. The number of ether oxygens (including phenoxy) is 2. The predicted octanol–water partition coefficient (Wildman–Crippen LogP) is 4.03. The standard InChI is InChI=1S/C16H32O3/c1-5-7-8-9-10-11-14-15(12-13(17)6-2)19-16(3,4)18-14/h13-15,17H,5-12H2,1-4H3/t13?,14-,15-/m1/s1. The van der Waals surface area contributed by atoms with Crippen molar-refractivity contribution in [3.05, 3.63) is 0 Å². The van der Waals surface area contributed by atoms with Crippen LogP contribution in [0.25, 0.3) is 0 Å². The molecule has 0 aromatic carbocycles. The smallest absolute Gasteiger partial charge is 0.163 e. The van der Waals surface area contributed by atoms with E-state index in [2.05, 4.69) is 6.92 Å². The van der Waals surface area contributed by atoms with E-state index in [1.807, 2.05) is 20.8 Å². The Hall–Kier alpha value is -0.120. The number of unbranched alkanes of at least 4 members (excludes halogenated alkanes) is 4. The van der Waals surface area contributed by atoms with E-state index in [0.29, 0.717) is 6.42 Å². The van der Waals surface area contributed by atoms with Gasteiger partial charge >= 0.3 is 0 Å². The van der Waals surface area contributed by atoms with E-state index in [4.69, 9.17) is 9.47 Å². The quantitative estimate of drug-likeness (QED) is 0.644. The molecular weight excluding hydrogens is 240 g/mol. The summed E-state index contributed by atoms with van der Waals surface area (Å²) in [5.41, 5.74) is 0. The number of hydrogen-bond donors (Lipinski definition) is 1. The molecular formula is C16H32O3. The largest absolute Gasteiger partial charge is 0.393 e. The molecule has 19 heavy (non-hydrogen) atoms. The first-order valence-corrected chi connectivity index (χ1v) is 8.02. The maximum Gasteiger partial charge on any atom is 0.163 e. The second kappa shape index (κ2) is 8.23. The van der Waals surface area contributed by atoms with Gasteiger partial charge in [0.25, 0.3) is 0 Å². The molecule has 3 heteroatoms. The van der Waals surface area contributed by atoms with Gasteiger partial charge in [-0.05, 0) is 26.7 Å². The summed E-state index contributed by atoms with van der Waals surface area (Å²) in [5.74, 6) is -0.494. The van der Waals surface area contributed by atoms with Gasteiger partial charge in [-0.1, -0.05) is 46.0 Å². The lowest BCUT2D eigenvalue weighted by Crippen LogP contribution is -2.27. The van der Waals surface area contributed by atoms with Crippen molar-refractivity contribution < 1.29 is 14.6 Å². The average Bonchev–Trinajstić information content (AvgIpc) is 2.63. The zero-order valence-electron chi connectivity index (χ0n) is 13.2. The summed E-state index contributed by atoms with van der Waals surface area (Å²) in [6, 6.07) is 0. The van der Waals surface area contributed by atoms with Gasteiger partial charge in [0.15, 0.2) is 5.79 Å². The maximum atomic E-state index is 9.81. The fourth-order valence-corrected chi connectivity index (χ4v) is 2.74. The fourth-order valence-electron chi connectivity index (χ4n) is 2.74. The highest BCUT2D eigenvalue weighted by molar-refractivity contribution is 4.83. The molecule has 1 rings (SSSR count). The van der Waals surface area contributed by atoms with Crippen LogP contribution in [-0.2, 0) is 9.47 Å². The normalized spacial score (nSPS) is 27.6. The molecule has 0 aromatic rings. The topological polar surface area (TPSA) is 38.7 Å². The Balaban J connectivity index is 2.35. The Morgan fingerprint density at radius 2 is 1.63 bits per heavy atom. The van der Waals surface area contributed by atoms with Gasteiger partial charge in [0.05, 0.1) is 18.3 Å². The highest BCUT2D eigenvalue weighted by Gasteiger charge is 2.41. The lowest BCUT2D eigenvalue weighted by Gasteiger charge is -2.19. The Kier molecular flexibility index (Phi) is 7.33. The monoisotopic (exact) mass is 272 g/mol. The van der Waals surface area contributed by atoms with Gasteiger partial charge in [0.2, 0.25) is 0 Å². The van der Waals surface area contributed by atoms with Crippen LogP contribution in [0.15, 0.2) is 0 Å². The van der Waals surface area contributed by atoms with Crippen LogP contribution in [0.3, 0.4) is 0 Å². The molecule has 3 atom stereocenters. The van der Waals surface area contributed by atoms with Gasteiger partial charge in [-0.25, -0.2) is 0 Å². The van der Waals surface area contributed by atoms with Crippen LogP contribution in [0.4, 0.5) is 0 Å². The zero-order chi connectivity index (χ0) is 14.3.